The topological polar surface area (TPSA) is 28.1 Å². The van der Waals surface area contributed by atoms with E-state index >= 15 is 0 Å². The van der Waals surface area contributed by atoms with Crippen molar-refractivity contribution in [2.45, 2.75) is 13.8 Å². The van der Waals surface area contributed by atoms with E-state index in [4.69, 9.17) is 0 Å². The van der Waals surface area contributed by atoms with Crippen LogP contribution in [0.5, 0.6) is 0 Å². The number of nitrogens with zero attached hydrogens (tertiary/aromatic N) is 1. The summed E-state index contributed by atoms with van der Waals surface area (Å²) in [7, 11) is 0. The molecule has 1 N–H and O–H groups in total. The summed E-state index contributed by atoms with van der Waals surface area (Å²) in [5.41, 5.74) is 1.17. The van der Waals surface area contributed by atoms with Gasteiger partial charge in [0, 0.05) is 12.4 Å². The van der Waals surface area contributed by atoms with Gasteiger partial charge < -0.3 is 4.98 Å². The van der Waals surface area contributed by atoms with Crippen LogP contribution in [0.15, 0.2) is 29.4 Å². The van der Waals surface area contributed by atoms with Crippen LogP contribution in [0.25, 0.3) is 0 Å². The lowest BCUT2D eigenvalue weighted by Crippen LogP contribution is -1.68. The maximum atomic E-state index is 4.19. The predicted octanol–water partition coefficient (Wildman–Crippen LogP) is 2.60. The van der Waals surface area contributed by atoms with Gasteiger partial charge in [-0.1, -0.05) is 6.08 Å². The van der Waals surface area contributed by atoms with Crippen molar-refractivity contribution >= 4 is 12.0 Å². The van der Waals surface area contributed by atoms with Crippen LogP contribution >= 0.6 is 0 Å². The van der Waals surface area contributed by atoms with E-state index in [0.717, 1.165) is 5.82 Å². The highest BCUT2D eigenvalue weighted by atomic mass is 14.9. The average Bonchev–Trinajstić information content (AvgIpc) is 2.37. The Kier molecular flexibility index (Phi) is 2.66. The second-order valence-electron chi connectivity index (χ2n) is 2.31. The smallest absolute Gasteiger partial charge is 0.132 e. The van der Waals surface area contributed by atoms with Crippen LogP contribution in [-0.4, -0.2) is 11.2 Å². The molecule has 2 nitrogen and oxygen atoms in total. The fourth-order valence-electron chi connectivity index (χ4n) is 0.781. The average molecular weight is 148 g/mol. The molecule has 0 aliphatic heterocycles. The first-order chi connectivity index (χ1) is 5.34. The highest BCUT2D eigenvalue weighted by molar-refractivity contribution is 5.74. The van der Waals surface area contributed by atoms with Gasteiger partial charge >= 0.3 is 0 Å². The minimum Gasteiger partial charge on any atom is -0.346 e. The Hall–Kier alpha value is -1.31. The molecule has 0 bridgehead atoms. The largest absolute Gasteiger partial charge is 0.346 e. The monoisotopic (exact) mass is 148 g/mol. The van der Waals surface area contributed by atoms with Crippen LogP contribution in [0.4, 0.5) is 5.82 Å². The van der Waals surface area contributed by atoms with Crippen molar-refractivity contribution in [2.75, 3.05) is 0 Å². The Labute approximate surface area is 66.7 Å². The van der Waals surface area contributed by atoms with Gasteiger partial charge in [-0.3, -0.25) is 0 Å². The number of aromatic amines is 1. The molecule has 0 saturated carbocycles. The van der Waals surface area contributed by atoms with Gasteiger partial charge in [0.2, 0.25) is 0 Å². The minimum absolute atomic E-state index is 0.933. The summed E-state index contributed by atoms with van der Waals surface area (Å²) < 4.78 is 0. The summed E-state index contributed by atoms with van der Waals surface area (Å²) in [6.45, 7) is 3.99. The zero-order valence-corrected chi connectivity index (χ0v) is 6.83. The summed E-state index contributed by atoms with van der Waals surface area (Å²) in [4.78, 5) is 7.22. The Bertz CT molecular complexity index is 269. The van der Waals surface area contributed by atoms with E-state index in [1.54, 1.807) is 6.21 Å². The van der Waals surface area contributed by atoms with Crippen LogP contribution < -0.4 is 0 Å². The van der Waals surface area contributed by atoms with E-state index in [0.29, 0.717) is 0 Å². The number of nitrogens with one attached hydrogen (secondary N) is 1. The number of H-pyrrole nitrogens is 1. The molecule has 11 heavy (non-hydrogen) atoms. The normalized spacial score (nSPS) is 11.8. The zero-order valence-electron chi connectivity index (χ0n) is 6.83. The van der Waals surface area contributed by atoms with Gasteiger partial charge in [-0.05, 0) is 31.6 Å². The van der Waals surface area contributed by atoms with Crippen molar-refractivity contribution in [1.82, 2.24) is 4.98 Å². The summed E-state index contributed by atoms with van der Waals surface area (Å²) >= 11 is 0. The quantitative estimate of drug-likeness (QED) is 0.624. The predicted molar refractivity (Wildman–Crippen MR) is 48.5 cm³/mol. The standard InChI is InChI=1S/C9H12N2/c1-3-4-6-10-9-8(2)5-7-11-9/h3-7,11H,1-2H3/b4-3-,10-6?. The van der Waals surface area contributed by atoms with Crippen molar-refractivity contribution in [1.29, 1.82) is 0 Å². The zero-order chi connectivity index (χ0) is 8.10. The molecule has 0 aliphatic rings. The Morgan fingerprint density at radius 2 is 2.36 bits per heavy atom. The molecule has 0 unspecified atom stereocenters. The Balaban J connectivity index is 2.71. The molecular weight excluding hydrogens is 136 g/mol. The van der Waals surface area contributed by atoms with E-state index in [9.17, 15) is 0 Å². The maximum Gasteiger partial charge on any atom is 0.132 e. The summed E-state index contributed by atoms with van der Waals surface area (Å²) in [5, 5.41) is 0. The van der Waals surface area contributed by atoms with Gasteiger partial charge in [-0.15, -0.1) is 0 Å². The van der Waals surface area contributed by atoms with E-state index in [1.165, 1.54) is 5.56 Å². The van der Waals surface area contributed by atoms with Gasteiger partial charge in [0.25, 0.3) is 0 Å². The highest BCUT2D eigenvalue weighted by Gasteiger charge is 1.91. The molecule has 1 heterocycles. The molecule has 1 rings (SSSR count). The van der Waals surface area contributed by atoms with Crippen molar-refractivity contribution < 1.29 is 0 Å². The number of aromatic nitrogens is 1. The van der Waals surface area contributed by atoms with E-state index in [1.807, 2.05) is 38.3 Å². The molecule has 0 fully saturated rings. The number of rotatable bonds is 2. The molecule has 0 radical (unpaired) electrons. The summed E-state index contributed by atoms with van der Waals surface area (Å²) in [5.74, 6) is 0.933. The van der Waals surface area contributed by atoms with Gasteiger partial charge in [0.05, 0.1) is 0 Å². The third kappa shape index (κ3) is 2.08. The number of allylic oxidation sites excluding steroid dienone is 2. The third-order valence-corrected chi connectivity index (χ3v) is 1.41. The first kappa shape index (κ1) is 7.79. The molecule has 0 atom stereocenters. The molecular formula is C9H12N2. The lowest BCUT2D eigenvalue weighted by atomic mass is 10.4. The van der Waals surface area contributed by atoms with E-state index in [2.05, 4.69) is 9.98 Å². The Morgan fingerprint density at radius 1 is 1.55 bits per heavy atom. The molecule has 0 aliphatic carbocycles. The van der Waals surface area contributed by atoms with E-state index < -0.39 is 0 Å². The fraction of sp³-hybridized carbons (Fsp3) is 0.222. The van der Waals surface area contributed by atoms with E-state index in [-0.39, 0.29) is 0 Å². The van der Waals surface area contributed by atoms with Crippen molar-refractivity contribution in [3.8, 4) is 0 Å². The molecule has 0 spiro atoms. The van der Waals surface area contributed by atoms with Crippen LogP contribution in [0.3, 0.4) is 0 Å². The molecule has 2 heteroatoms. The number of hydrogen-bond acceptors (Lipinski definition) is 1. The van der Waals surface area contributed by atoms with Crippen LogP contribution in [0, 0.1) is 6.92 Å². The van der Waals surface area contributed by atoms with Gasteiger partial charge in [-0.2, -0.15) is 0 Å². The first-order valence-electron chi connectivity index (χ1n) is 3.64. The molecule has 58 valence electrons. The minimum atomic E-state index is 0.933. The first-order valence-corrected chi connectivity index (χ1v) is 3.64. The molecule has 0 saturated heterocycles. The molecule has 0 amide bonds. The second-order valence-corrected chi connectivity index (χ2v) is 2.31. The lowest BCUT2D eigenvalue weighted by molar-refractivity contribution is 1.32. The summed E-state index contributed by atoms with van der Waals surface area (Å²) in [6, 6.07) is 2.00. The van der Waals surface area contributed by atoms with Gasteiger partial charge in [-0.25, -0.2) is 4.99 Å². The Morgan fingerprint density at radius 3 is 2.91 bits per heavy atom. The number of hydrogen-bond donors (Lipinski definition) is 1. The molecule has 1 aromatic heterocycles. The molecule has 0 aromatic carbocycles. The summed E-state index contributed by atoms with van der Waals surface area (Å²) in [6.07, 6.45) is 7.51. The van der Waals surface area contributed by atoms with Crippen molar-refractivity contribution in [3.63, 3.8) is 0 Å². The number of aryl methyl sites for hydroxylation is 1. The highest BCUT2D eigenvalue weighted by Crippen LogP contribution is 2.13. The maximum absolute atomic E-state index is 4.19. The van der Waals surface area contributed by atoms with Gasteiger partial charge in [0.15, 0.2) is 0 Å². The van der Waals surface area contributed by atoms with Crippen molar-refractivity contribution in [3.05, 3.63) is 30.0 Å². The van der Waals surface area contributed by atoms with Gasteiger partial charge in [0.1, 0.15) is 5.82 Å². The SMILES string of the molecule is C/C=C\C=Nc1[nH]ccc1C. The van der Waals surface area contributed by atoms with Crippen LogP contribution in [0.2, 0.25) is 0 Å². The number of aliphatic imine (C=N–C) groups is 1. The van der Waals surface area contributed by atoms with Crippen molar-refractivity contribution in [2.24, 2.45) is 4.99 Å². The van der Waals surface area contributed by atoms with Crippen LogP contribution in [0.1, 0.15) is 12.5 Å². The second kappa shape index (κ2) is 3.76. The third-order valence-electron chi connectivity index (χ3n) is 1.41. The van der Waals surface area contributed by atoms with Crippen LogP contribution in [-0.2, 0) is 0 Å². The fourth-order valence-corrected chi connectivity index (χ4v) is 0.781. The molecule has 1 aromatic rings. The lowest BCUT2D eigenvalue weighted by Gasteiger charge is -1.86.